The van der Waals surface area contributed by atoms with Crippen molar-refractivity contribution in [3.63, 3.8) is 0 Å². The summed E-state index contributed by atoms with van der Waals surface area (Å²) in [6.07, 6.45) is 0.597. The summed E-state index contributed by atoms with van der Waals surface area (Å²) in [5, 5.41) is 10.8. The first-order valence-electron chi connectivity index (χ1n) is 13.5. The SMILES string of the molecule is C=C(C)COc1ccc(C(CC(=O)OC)c2oc(CN3CCc4cc(OC)c(OC)cc4C3)cc(=O)c2O)cc1OC. The van der Waals surface area contributed by atoms with Crippen LogP contribution in [-0.4, -0.2) is 57.6 Å². The van der Waals surface area contributed by atoms with Crippen LogP contribution in [0.3, 0.4) is 0 Å². The molecule has 1 aromatic heterocycles. The molecule has 1 N–H and O–H groups in total. The van der Waals surface area contributed by atoms with Crippen LogP contribution in [-0.2, 0) is 29.0 Å². The normalized spacial score (nSPS) is 13.5. The Hall–Kier alpha value is -4.44. The first-order valence-corrected chi connectivity index (χ1v) is 13.5. The summed E-state index contributed by atoms with van der Waals surface area (Å²) in [5.74, 6) is 0.649. The summed E-state index contributed by atoms with van der Waals surface area (Å²) in [4.78, 5) is 27.5. The molecular weight excluding hydrogens is 542 g/mol. The van der Waals surface area contributed by atoms with Crippen LogP contribution in [0.2, 0.25) is 0 Å². The van der Waals surface area contributed by atoms with Crippen LogP contribution < -0.4 is 24.4 Å². The van der Waals surface area contributed by atoms with Crippen molar-refractivity contribution in [3.8, 4) is 28.7 Å². The first-order chi connectivity index (χ1) is 20.2. The van der Waals surface area contributed by atoms with Crippen LogP contribution in [0.1, 0.15) is 47.5 Å². The molecule has 42 heavy (non-hydrogen) atoms. The Morgan fingerprint density at radius 3 is 2.31 bits per heavy atom. The lowest BCUT2D eigenvalue weighted by Gasteiger charge is -2.29. The number of aromatic hydroxyl groups is 1. The van der Waals surface area contributed by atoms with Gasteiger partial charge in [0.15, 0.2) is 28.8 Å². The third kappa shape index (κ3) is 6.88. The van der Waals surface area contributed by atoms with Crippen molar-refractivity contribution in [3.05, 3.63) is 87.0 Å². The molecule has 2 heterocycles. The van der Waals surface area contributed by atoms with E-state index in [1.807, 2.05) is 19.1 Å². The fraction of sp³-hybridized carbons (Fsp3) is 0.375. The number of nitrogens with zero attached hydrogens (tertiary/aromatic N) is 1. The molecule has 0 aliphatic carbocycles. The van der Waals surface area contributed by atoms with E-state index >= 15 is 0 Å². The second-order valence-electron chi connectivity index (χ2n) is 10.2. The highest BCUT2D eigenvalue weighted by Gasteiger charge is 2.28. The van der Waals surface area contributed by atoms with E-state index in [-0.39, 0.29) is 12.2 Å². The fourth-order valence-electron chi connectivity index (χ4n) is 5.00. The van der Waals surface area contributed by atoms with Crippen LogP contribution in [0.15, 0.2) is 57.8 Å². The molecule has 2 aromatic carbocycles. The van der Waals surface area contributed by atoms with Crippen LogP contribution in [0.4, 0.5) is 0 Å². The van der Waals surface area contributed by atoms with Gasteiger partial charge in [-0.25, -0.2) is 0 Å². The van der Waals surface area contributed by atoms with E-state index in [4.69, 9.17) is 28.1 Å². The fourth-order valence-corrected chi connectivity index (χ4v) is 5.00. The van der Waals surface area contributed by atoms with Crippen molar-refractivity contribution in [2.45, 2.75) is 38.8 Å². The molecule has 1 aliphatic rings. The van der Waals surface area contributed by atoms with Crippen molar-refractivity contribution in [2.24, 2.45) is 0 Å². The lowest BCUT2D eigenvalue weighted by molar-refractivity contribution is -0.140. The predicted molar refractivity (Wildman–Crippen MR) is 156 cm³/mol. The van der Waals surface area contributed by atoms with Gasteiger partial charge in [-0.1, -0.05) is 12.6 Å². The Kier molecular flexibility index (Phi) is 9.80. The molecule has 0 spiro atoms. The van der Waals surface area contributed by atoms with Gasteiger partial charge in [-0.2, -0.15) is 0 Å². The Labute approximate surface area is 245 Å². The summed E-state index contributed by atoms with van der Waals surface area (Å²) >= 11 is 0. The van der Waals surface area contributed by atoms with Crippen molar-refractivity contribution < 1.29 is 38.0 Å². The van der Waals surface area contributed by atoms with E-state index in [1.54, 1.807) is 32.4 Å². The zero-order valence-corrected chi connectivity index (χ0v) is 24.7. The molecule has 1 aliphatic heterocycles. The van der Waals surface area contributed by atoms with E-state index in [0.717, 1.165) is 24.1 Å². The quantitative estimate of drug-likeness (QED) is 0.241. The standard InChI is InChI=1S/C32H37NO9/c1-19(2)18-41-26-8-7-21(12-27(26)37-3)24(15-30(35)40-6)32-31(36)25(34)14-23(42-32)17-33-10-9-20-11-28(38-4)29(39-5)13-22(20)16-33/h7-8,11-14,24,36H,1,9-10,15-18H2,2-6H3. The summed E-state index contributed by atoms with van der Waals surface area (Å²) in [7, 11) is 5.99. The molecule has 0 fully saturated rings. The number of carbonyl (C=O) groups is 1. The number of rotatable bonds is 12. The second kappa shape index (κ2) is 13.5. The van der Waals surface area contributed by atoms with Gasteiger partial charge in [0.05, 0.1) is 47.3 Å². The van der Waals surface area contributed by atoms with Crippen molar-refractivity contribution in [1.29, 1.82) is 0 Å². The van der Waals surface area contributed by atoms with Crippen molar-refractivity contribution >= 4 is 5.97 Å². The maximum Gasteiger partial charge on any atom is 0.306 e. The van der Waals surface area contributed by atoms with Gasteiger partial charge in [0, 0.05) is 19.2 Å². The highest BCUT2D eigenvalue weighted by Crippen LogP contribution is 2.38. The topological polar surface area (TPSA) is 117 Å². The number of ether oxygens (including phenoxy) is 5. The Bertz CT molecular complexity index is 1510. The average Bonchev–Trinajstić information content (AvgIpc) is 2.99. The minimum atomic E-state index is -0.826. The second-order valence-corrected chi connectivity index (χ2v) is 10.2. The molecule has 0 saturated carbocycles. The van der Waals surface area contributed by atoms with E-state index in [1.165, 1.54) is 25.8 Å². The molecule has 10 nitrogen and oxygen atoms in total. The van der Waals surface area contributed by atoms with Crippen LogP contribution in [0.25, 0.3) is 0 Å². The number of benzene rings is 2. The monoisotopic (exact) mass is 579 g/mol. The predicted octanol–water partition coefficient (Wildman–Crippen LogP) is 4.58. The minimum Gasteiger partial charge on any atom is -0.502 e. The molecule has 4 rings (SSSR count). The van der Waals surface area contributed by atoms with Gasteiger partial charge in [0.1, 0.15) is 12.4 Å². The third-order valence-corrected chi connectivity index (χ3v) is 7.16. The molecule has 0 radical (unpaired) electrons. The molecule has 3 aromatic rings. The molecule has 1 unspecified atom stereocenters. The molecule has 224 valence electrons. The van der Waals surface area contributed by atoms with Gasteiger partial charge in [0.25, 0.3) is 0 Å². The van der Waals surface area contributed by atoms with Crippen LogP contribution in [0.5, 0.6) is 28.7 Å². The maximum atomic E-state index is 12.9. The highest BCUT2D eigenvalue weighted by molar-refractivity contribution is 5.71. The molecule has 0 bridgehead atoms. The number of hydrogen-bond acceptors (Lipinski definition) is 10. The van der Waals surface area contributed by atoms with E-state index < -0.39 is 23.1 Å². The summed E-state index contributed by atoms with van der Waals surface area (Å²) in [6, 6.07) is 10.4. The zero-order valence-electron chi connectivity index (χ0n) is 24.7. The number of methoxy groups -OCH3 is 4. The van der Waals surface area contributed by atoms with Crippen LogP contribution >= 0.6 is 0 Å². The third-order valence-electron chi connectivity index (χ3n) is 7.16. The number of fused-ring (bicyclic) bond motifs is 1. The maximum absolute atomic E-state index is 12.9. The summed E-state index contributed by atoms with van der Waals surface area (Å²) < 4.78 is 33.3. The van der Waals surface area contributed by atoms with Crippen molar-refractivity contribution in [1.82, 2.24) is 4.90 Å². The van der Waals surface area contributed by atoms with Gasteiger partial charge in [-0.15, -0.1) is 0 Å². The smallest absolute Gasteiger partial charge is 0.306 e. The van der Waals surface area contributed by atoms with E-state index in [0.29, 0.717) is 54.0 Å². The molecule has 0 saturated heterocycles. The Balaban J connectivity index is 1.66. The Morgan fingerprint density at radius 1 is 1.00 bits per heavy atom. The molecule has 1 atom stereocenters. The van der Waals surface area contributed by atoms with E-state index in [9.17, 15) is 14.7 Å². The van der Waals surface area contributed by atoms with Gasteiger partial charge in [0.2, 0.25) is 11.2 Å². The highest BCUT2D eigenvalue weighted by atomic mass is 16.5. The van der Waals surface area contributed by atoms with Crippen molar-refractivity contribution in [2.75, 3.05) is 41.6 Å². The van der Waals surface area contributed by atoms with Gasteiger partial charge in [-0.05, 0) is 59.9 Å². The number of carbonyl (C=O) groups excluding carboxylic acids is 1. The number of hydrogen-bond donors (Lipinski definition) is 1. The van der Waals surface area contributed by atoms with Gasteiger partial charge in [-0.3, -0.25) is 14.5 Å². The molecule has 10 heteroatoms. The summed E-state index contributed by atoms with van der Waals surface area (Å²) in [5.41, 5.74) is 3.07. The molecular formula is C32H37NO9. The Morgan fingerprint density at radius 2 is 1.67 bits per heavy atom. The van der Waals surface area contributed by atoms with Gasteiger partial charge < -0.3 is 33.2 Å². The summed E-state index contributed by atoms with van der Waals surface area (Å²) in [6.45, 7) is 7.64. The lowest BCUT2D eigenvalue weighted by Crippen LogP contribution is -2.30. The zero-order chi connectivity index (χ0) is 30.4. The lowest BCUT2D eigenvalue weighted by atomic mass is 9.91. The van der Waals surface area contributed by atoms with Gasteiger partial charge >= 0.3 is 5.97 Å². The van der Waals surface area contributed by atoms with E-state index in [2.05, 4.69) is 11.5 Å². The van der Waals surface area contributed by atoms with Crippen LogP contribution in [0, 0.1) is 0 Å². The largest absolute Gasteiger partial charge is 0.502 e. The molecule has 0 amide bonds. The first kappa shape index (κ1) is 30.5. The average molecular weight is 580 g/mol. The number of esters is 1. The minimum absolute atomic E-state index is 0.0237.